The lowest BCUT2D eigenvalue weighted by atomic mass is 9.92. The molecule has 2 aromatic heterocycles. The second kappa shape index (κ2) is 7.08. The van der Waals surface area contributed by atoms with Crippen LogP contribution in [0, 0.1) is 0 Å². The molecule has 0 N–H and O–H groups in total. The number of amides is 2. The van der Waals surface area contributed by atoms with Crippen molar-refractivity contribution in [1.82, 2.24) is 19.8 Å². The topological polar surface area (TPSA) is 69.6 Å². The van der Waals surface area contributed by atoms with Crippen LogP contribution in [-0.4, -0.2) is 63.3 Å². The molecule has 2 aliphatic rings. The predicted molar refractivity (Wildman–Crippen MR) is 101 cm³/mol. The van der Waals surface area contributed by atoms with Crippen LogP contribution >= 0.6 is 0 Å². The molecule has 2 aromatic rings. The number of carbonyl (C=O) groups is 2. The average Bonchev–Trinajstić information content (AvgIpc) is 3.07. The predicted octanol–water partition coefficient (Wildman–Crippen LogP) is 1.32. The zero-order chi connectivity index (χ0) is 18.9. The highest BCUT2D eigenvalue weighted by molar-refractivity contribution is 5.98. The van der Waals surface area contributed by atoms with Crippen LogP contribution in [0.3, 0.4) is 0 Å². The molecule has 2 saturated heterocycles. The van der Waals surface area contributed by atoms with Gasteiger partial charge >= 0.3 is 0 Å². The Hall–Kier alpha value is -2.80. The number of nitrogens with zero attached hydrogens (tertiary/aromatic N) is 5. The minimum absolute atomic E-state index is 0.0473. The Morgan fingerprint density at radius 3 is 2.78 bits per heavy atom. The first-order valence-electron chi connectivity index (χ1n) is 9.18. The van der Waals surface area contributed by atoms with Crippen LogP contribution < -0.4 is 4.90 Å². The normalized spacial score (nSPS) is 23.2. The van der Waals surface area contributed by atoms with Crippen molar-refractivity contribution in [2.24, 2.45) is 0 Å². The van der Waals surface area contributed by atoms with Gasteiger partial charge < -0.3 is 9.80 Å². The fraction of sp³-hybridized carbons (Fsp3) is 0.400. The molecule has 0 unspecified atom stereocenters. The maximum Gasteiger partial charge on any atom is 0.246 e. The van der Waals surface area contributed by atoms with Crippen molar-refractivity contribution in [2.45, 2.75) is 25.4 Å². The van der Waals surface area contributed by atoms with Crippen molar-refractivity contribution in [3.05, 3.63) is 54.6 Å². The van der Waals surface area contributed by atoms with Crippen LogP contribution in [0.1, 0.15) is 19.0 Å². The molecule has 1 spiro atoms. The molecule has 7 heteroatoms. The van der Waals surface area contributed by atoms with E-state index in [-0.39, 0.29) is 23.9 Å². The molecular formula is C20H23N5O2. The van der Waals surface area contributed by atoms with Gasteiger partial charge in [0.15, 0.2) is 0 Å². The first-order chi connectivity index (χ1) is 13.1. The summed E-state index contributed by atoms with van der Waals surface area (Å²) in [6.07, 6.45) is 6.03. The van der Waals surface area contributed by atoms with Gasteiger partial charge in [-0.2, -0.15) is 0 Å². The van der Waals surface area contributed by atoms with Crippen molar-refractivity contribution < 1.29 is 9.59 Å². The zero-order valence-corrected chi connectivity index (χ0v) is 15.4. The van der Waals surface area contributed by atoms with E-state index in [4.69, 9.17) is 0 Å². The molecule has 2 fully saturated rings. The maximum atomic E-state index is 12.7. The molecule has 0 bridgehead atoms. The molecular weight excluding hydrogens is 342 g/mol. The van der Waals surface area contributed by atoms with Gasteiger partial charge in [0, 0.05) is 39.0 Å². The molecule has 0 saturated carbocycles. The van der Waals surface area contributed by atoms with Crippen LogP contribution in [0.4, 0.5) is 5.69 Å². The van der Waals surface area contributed by atoms with E-state index in [2.05, 4.69) is 14.9 Å². The fourth-order valence-corrected chi connectivity index (χ4v) is 4.20. The molecule has 4 rings (SSSR count). The molecule has 2 aliphatic heterocycles. The van der Waals surface area contributed by atoms with E-state index in [1.807, 2.05) is 30.3 Å². The van der Waals surface area contributed by atoms with Crippen molar-refractivity contribution in [1.29, 1.82) is 0 Å². The standard InChI is InChI=1S/C20H23N5O2/c1-16(26)25-13-19(27)24(18-6-4-8-21-11-18)15-20(25)7-10-23(14-20)12-17-5-2-3-9-22-17/h2-6,8-9,11H,7,10,12-15H2,1H3/t20-/m0/s1. The number of likely N-dealkylation sites (tertiary alicyclic amines) is 1. The van der Waals surface area contributed by atoms with E-state index in [1.54, 1.807) is 35.3 Å². The third-order valence-corrected chi connectivity index (χ3v) is 5.48. The smallest absolute Gasteiger partial charge is 0.246 e. The summed E-state index contributed by atoms with van der Waals surface area (Å²) in [5, 5.41) is 0. The van der Waals surface area contributed by atoms with Gasteiger partial charge in [0.2, 0.25) is 11.8 Å². The molecule has 2 amide bonds. The van der Waals surface area contributed by atoms with Gasteiger partial charge in [-0.1, -0.05) is 6.07 Å². The molecule has 1 atom stereocenters. The summed E-state index contributed by atoms with van der Waals surface area (Å²) in [6.45, 7) is 4.51. The number of hydrogen-bond acceptors (Lipinski definition) is 5. The summed E-state index contributed by atoms with van der Waals surface area (Å²) >= 11 is 0. The Morgan fingerprint density at radius 1 is 1.19 bits per heavy atom. The second-order valence-electron chi connectivity index (χ2n) is 7.30. The number of piperazine rings is 1. The third kappa shape index (κ3) is 3.42. The van der Waals surface area contributed by atoms with Crippen molar-refractivity contribution >= 4 is 17.5 Å². The summed E-state index contributed by atoms with van der Waals surface area (Å²) in [6, 6.07) is 9.63. The quantitative estimate of drug-likeness (QED) is 0.820. The minimum atomic E-state index is -0.371. The van der Waals surface area contributed by atoms with Gasteiger partial charge in [-0.15, -0.1) is 0 Å². The Labute approximate surface area is 158 Å². The van der Waals surface area contributed by atoms with Gasteiger partial charge in [0.1, 0.15) is 6.54 Å². The molecule has 27 heavy (non-hydrogen) atoms. The molecule has 0 aliphatic carbocycles. The average molecular weight is 365 g/mol. The number of carbonyl (C=O) groups excluding carboxylic acids is 2. The Bertz CT molecular complexity index is 829. The summed E-state index contributed by atoms with van der Waals surface area (Å²) in [7, 11) is 0. The van der Waals surface area contributed by atoms with E-state index < -0.39 is 0 Å². The number of hydrogen-bond donors (Lipinski definition) is 0. The summed E-state index contributed by atoms with van der Waals surface area (Å²) in [5.74, 6) is -0.110. The zero-order valence-electron chi connectivity index (χ0n) is 15.4. The largest absolute Gasteiger partial charge is 0.325 e. The fourth-order valence-electron chi connectivity index (χ4n) is 4.20. The lowest BCUT2D eigenvalue weighted by Gasteiger charge is -2.48. The lowest BCUT2D eigenvalue weighted by Crippen LogP contribution is -2.66. The van der Waals surface area contributed by atoms with Crippen molar-refractivity contribution in [3.8, 4) is 0 Å². The summed E-state index contributed by atoms with van der Waals surface area (Å²) < 4.78 is 0. The number of rotatable bonds is 3. The lowest BCUT2D eigenvalue weighted by molar-refractivity contribution is -0.142. The first kappa shape index (κ1) is 17.6. The van der Waals surface area contributed by atoms with Crippen LogP contribution in [0.15, 0.2) is 48.9 Å². The van der Waals surface area contributed by atoms with Crippen LogP contribution in [0.5, 0.6) is 0 Å². The summed E-state index contributed by atoms with van der Waals surface area (Å²) in [5.41, 5.74) is 1.43. The molecule has 0 radical (unpaired) electrons. The highest BCUT2D eigenvalue weighted by Gasteiger charge is 2.50. The monoisotopic (exact) mass is 365 g/mol. The highest BCUT2D eigenvalue weighted by Crippen LogP contribution is 2.34. The van der Waals surface area contributed by atoms with Crippen LogP contribution in [-0.2, 0) is 16.1 Å². The molecule has 4 heterocycles. The second-order valence-corrected chi connectivity index (χ2v) is 7.30. The van der Waals surface area contributed by atoms with Gasteiger partial charge in [-0.05, 0) is 30.7 Å². The number of anilines is 1. The van der Waals surface area contributed by atoms with E-state index in [1.165, 1.54) is 0 Å². The Morgan fingerprint density at radius 2 is 2.07 bits per heavy atom. The Balaban J connectivity index is 1.58. The maximum absolute atomic E-state index is 12.7. The molecule has 140 valence electrons. The van der Waals surface area contributed by atoms with Gasteiger partial charge in [0.25, 0.3) is 0 Å². The van der Waals surface area contributed by atoms with Gasteiger partial charge in [-0.25, -0.2) is 0 Å². The SMILES string of the molecule is CC(=O)N1CC(=O)N(c2cccnc2)C[C@@]12CCN(Cc1ccccn1)C2. The first-order valence-corrected chi connectivity index (χ1v) is 9.18. The van der Waals surface area contributed by atoms with E-state index >= 15 is 0 Å². The van der Waals surface area contributed by atoms with Crippen molar-refractivity contribution in [3.63, 3.8) is 0 Å². The number of pyridine rings is 2. The number of aromatic nitrogens is 2. The highest BCUT2D eigenvalue weighted by atomic mass is 16.2. The van der Waals surface area contributed by atoms with Crippen LogP contribution in [0.25, 0.3) is 0 Å². The third-order valence-electron chi connectivity index (χ3n) is 5.48. The Kier molecular flexibility index (Phi) is 4.61. The van der Waals surface area contributed by atoms with Gasteiger partial charge in [-0.3, -0.25) is 24.5 Å². The summed E-state index contributed by atoms with van der Waals surface area (Å²) in [4.78, 5) is 39.4. The molecule has 7 nitrogen and oxygen atoms in total. The van der Waals surface area contributed by atoms with Crippen LogP contribution in [0.2, 0.25) is 0 Å². The molecule has 0 aromatic carbocycles. The van der Waals surface area contributed by atoms with Crippen molar-refractivity contribution in [2.75, 3.05) is 31.1 Å². The van der Waals surface area contributed by atoms with E-state index in [9.17, 15) is 9.59 Å². The van der Waals surface area contributed by atoms with E-state index in [0.717, 1.165) is 37.4 Å². The minimum Gasteiger partial charge on any atom is -0.325 e. The van der Waals surface area contributed by atoms with Gasteiger partial charge in [0.05, 0.1) is 29.7 Å². The van der Waals surface area contributed by atoms with E-state index in [0.29, 0.717) is 6.54 Å².